The third-order valence-corrected chi connectivity index (χ3v) is 6.04. The van der Waals surface area contributed by atoms with Gasteiger partial charge in [-0.15, -0.1) is 11.3 Å². The lowest BCUT2D eigenvalue weighted by atomic mass is 10.1. The van der Waals surface area contributed by atoms with Crippen molar-refractivity contribution in [1.82, 2.24) is 30.1 Å². The molecule has 0 bridgehead atoms. The van der Waals surface area contributed by atoms with E-state index in [9.17, 15) is 0 Å². The minimum absolute atomic E-state index is 0.623. The molecule has 0 aliphatic carbocycles. The number of nitrogens with one attached hydrogen (secondary N) is 2. The second kappa shape index (κ2) is 7.73. The van der Waals surface area contributed by atoms with E-state index in [4.69, 9.17) is 4.98 Å². The molecule has 0 saturated heterocycles. The van der Waals surface area contributed by atoms with E-state index in [1.54, 1.807) is 29.9 Å². The lowest BCUT2D eigenvalue weighted by molar-refractivity contribution is 1.09. The third-order valence-electron chi connectivity index (χ3n) is 5.01. The summed E-state index contributed by atoms with van der Waals surface area (Å²) in [6.45, 7) is 7.70. The molecule has 0 spiro atoms. The molecular formula is C23H19N7S. The molecule has 0 aliphatic heterocycles. The van der Waals surface area contributed by atoms with Crippen molar-refractivity contribution >= 4 is 45.3 Å². The van der Waals surface area contributed by atoms with Crippen molar-refractivity contribution in [2.75, 3.05) is 0 Å². The average Bonchev–Trinajstić information content (AvgIpc) is 3.51. The molecule has 0 radical (unpaired) electrons. The van der Waals surface area contributed by atoms with Gasteiger partial charge in [0.25, 0.3) is 0 Å². The van der Waals surface area contributed by atoms with Gasteiger partial charge in [-0.3, -0.25) is 10.1 Å². The Labute approximate surface area is 182 Å². The van der Waals surface area contributed by atoms with E-state index in [2.05, 4.69) is 55.8 Å². The second-order valence-electron chi connectivity index (χ2n) is 6.95. The largest absolute Gasteiger partial charge is 0.335 e. The number of imidazole rings is 1. The zero-order valence-electron chi connectivity index (χ0n) is 17.0. The molecular weight excluding hydrogens is 406 g/mol. The van der Waals surface area contributed by atoms with Crippen molar-refractivity contribution in [1.29, 1.82) is 0 Å². The minimum Gasteiger partial charge on any atom is -0.335 e. The fraction of sp³-hybridized carbons (Fsp3) is 0.0870. The standard InChI is InChI=1S/C23H19N7S/c1-4-14(11-24-5-2)15-10-17-20(29-30-21(17)26-12-15)23-27-19-16(8-9-25-22(19)28-23)18-7-6-13(3)31-18/h4-12H,2H2,1,3H3,(H,25,27,28)(H,26,29,30)/b14-4+,24-11?. The zero-order chi connectivity index (χ0) is 21.4. The molecule has 5 rings (SSSR count). The van der Waals surface area contributed by atoms with Gasteiger partial charge in [-0.2, -0.15) is 5.10 Å². The van der Waals surface area contributed by atoms with E-state index >= 15 is 0 Å². The van der Waals surface area contributed by atoms with E-state index in [0.717, 1.165) is 33.3 Å². The molecule has 5 aromatic heterocycles. The highest BCUT2D eigenvalue weighted by molar-refractivity contribution is 7.15. The highest BCUT2D eigenvalue weighted by Gasteiger charge is 2.17. The van der Waals surface area contributed by atoms with Gasteiger partial charge in [0.1, 0.15) is 5.69 Å². The topological polar surface area (TPSA) is 95.5 Å². The lowest BCUT2D eigenvalue weighted by Crippen LogP contribution is -1.89. The van der Waals surface area contributed by atoms with Crippen molar-refractivity contribution in [3.8, 4) is 22.0 Å². The first-order chi connectivity index (χ1) is 15.2. The van der Waals surface area contributed by atoms with Crippen molar-refractivity contribution in [3.63, 3.8) is 0 Å². The van der Waals surface area contributed by atoms with Crippen LogP contribution in [0.5, 0.6) is 0 Å². The molecule has 0 fully saturated rings. The minimum atomic E-state index is 0.623. The number of nitrogens with zero attached hydrogens (tertiary/aromatic N) is 5. The van der Waals surface area contributed by atoms with Crippen LogP contribution in [0.1, 0.15) is 17.4 Å². The first-order valence-electron chi connectivity index (χ1n) is 9.74. The Morgan fingerprint density at radius 1 is 1.19 bits per heavy atom. The van der Waals surface area contributed by atoms with Crippen molar-refractivity contribution in [2.24, 2.45) is 4.99 Å². The quantitative estimate of drug-likeness (QED) is 0.361. The second-order valence-corrected chi connectivity index (χ2v) is 8.24. The first-order valence-corrected chi connectivity index (χ1v) is 10.6. The van der Waals surface area contributed by atoms with Gasteiger partial charge in [-0.1, -0.05) is 12.7 Å². The summed E-state index contributed by atoms with van der Waals surface area (Å²) in [5.74, 6) is 0.673. The van der Waals surface area contributed by atoms with Crippen molar-refractivity contribution in [2.45, 2.75) is 13.8 Å². The molecule has 31 heavy (non-hydrogen) atoms. The van der Waals surface area contributed by atoms with Gasteiger partial charge in [0.2, 0.25) is 0 Å². The molecule has 0 amide bonds. The number of aromatic amines is 2. The fourth-order valence-electron chi connectivity index (χ4n) is 3.50. The van der Waals surface area contributed by atoms with Gasteiger partial charge < -0.3 is 4.98 Å². The van der Waals surface area contributed by atoms with Gasteiger partial charge in [-0.05, 0) is 43.7 Å². The van der Waals surface area contributed by atoms with Crippen molar-refractivity contribution < 1.29 is 0 Å². The van der Waals surface area contributed by atoms with Gasteiger partial charge in [0.15, 0.2) is 17.1 Å². The molecule has 5 aromatic rings. The maximum atomic E-state index is 4.73. The van der Waals surface area contributed by atoms with Crippen molar-refractivity contribution in [3.05, 3.63) is 66.0 Å². The summed E-state index contributed by atoms with van der Waals surface area (Å²) >= 11 is 1.75. The molecule has 2 N–H and O–H groups in total. The summed E-state index contributed by atoms with van der Waals surface area (Å²) in [5.41, 5.74) is 5.93. The summed E-state index contributed by atoms with van der Waals surface area (Å²) in [5, 5.41) is 8.31. The van der Waals surface area contributed by atoms with Gasteiger partial charge >= 0.3 is 0 Å². The average molecular weight is 426 g/mol. The molecule has 7 nitrogen and oxygen atoms in total. The number of pyridine rings is 2. The number of rotatable bonds is 5. The normalized spacial score (nSPS) is 12.4. The predicted molar refractivity (Wildman–Crippen MR) is 127 cm³/mol. The van der Waals surface area contributed by atoms with Crippen LogP contribution in [0, 0.1) is 6.92 Å². The predicted octanol–water partition coefficient (Wildman–Crippen LogP) is 5.55. The van der Waals surface area contributed by atoms with E-state index in [1.165, 1.54) is 16.0 Å². The van der Waals surface area contributed by atoms with E-state index < -0.39 is 0 Å². The number of hydrogen-bond acceptors (Lipinski definition) is 6. The molecule has 0 saturated carbocycles. The number of fused-ring (bicyclic) bond motifs is 2. The summed E-state index contributed by atoms with van der Waals surface area (Å²) < 4.78 is 0. The molecule has 0 unspecified atom stereocenters. The summed E-state index contributed by atoms with van der Waals surface area (Å²) in [4.78, 5) is 23.7. The van der Waals surface area contributed by atoms with Crippen LogP contribution in [0.15, 0.2) is 60.5 Å². The number of aliphatic imine (C=N–C) groups is 1. The zero-order valence-corrected chi connectivity index (χ0v) is 17.9. The Bertz CT molecular complexity index is 1480. The maximum absolute atomic E-state index is 4.73. The number of aryl methyl sites for hydroxylation is 1. The van der Waals surface area contributed by atoms with E-state index in [-0.39, 0.29) is 0 Å². The molecule has 8 heteroatoms. The Balaban J connectivity index is 1.65. The van der Waals surface area contributed by atoms with Gasteiger partial charge in [0, 0.05) is 45.7 Å². The molecule has 152 valence electrons. The number of hydrogen-bond donors (Lipinski definition) is 2. The summed E-state index contributed by atoms with van der Waals surface area (Å²) in [6, 6.07) is 8.29. The fourth-order valence-corrected chi connectivity index (χ4v) is 4.40. The van der Waals surface area contributed by atoms with Crippen LogP contribution in [0.2, 0.25) is 0 Å². The first kappa shape index (κ1) is 19.1. The summed E-state index contributed by atoms with van der Waals surface area (Å²) in [7, 11) is 0. The Morgan fingerprint density at radius 3 is 2.87 bits per heavy atom. The Morgan fingerprint density at radius 2 is 2.10 bits per heavy atom. The summed E-state index contributed by atoms with van der Waals surface area (Å²) in [6.07, 6.45) is 8.83. The Hall–Kier alpha value is -3.91. The van der Waals surface area contributed by atoms with Crippen LogP contribution in [-0.2, 0) is 0 Å². The number of allylic oxidation sites excluding steroid dienone is 2. The third kappa shape index (κ3) is 3.36. The van der Waals surface area contributed by atoms with Gasteiger partial charge in [-0.25, -0.2) is 15.0 Å². The highest BCUT2D eigenvalue weighted by Crippen LogP contribution is 2.34. The van der Waals surface area contributed by atoms with E-state index in [0.29, 0.717) is 17.1 Å². The van der Waals surface area contributed by atoms with Crippen LogP contribution in [0.4, 0.5) is 0 Å². The highest BCUT2D eigenvalue weighted by atomic mass is 32.1. The van der Waals surface area contributed by atoms with Crippen LogP contribution in [-0.4, -0.2) is 36.3 Å². The number of aromatic nitrogens is 6. The molecule has 0 aliphatic rings. The smallest absolute Gasteiger partial charge is 0.181 e. The number of thiophene rings is 1. The SMILES string of the molecule is C=CN=C/C(=C\C)c1cnc2n[nH]c(-c3nc4nccc(-c5ccc(C)s5)c4[nH]3)c2c1. The monoisotopic (exact) mass is 425 g/mol. The van der Waals surface area contributed by atoms with Crippen LogP contribution < -0.4 is 0 Å². The molecule has 5 heterocycles. The van der Waals surface area contributed by atoms with Crippen LogP contribution >= 0.6 is 11.3 Å². The number of H-pyrrole nitrogens is 2. The van der Waals surface area contributed by atoms with Crippen LogP contribution in [0.3, 0.4) is 0 Å². The van der Waals surface area contributed by atoms with E-state index in [1.807, 2.05) is 25.1 Å². The molecule has 0 atom stereocenters. The molecule has 0 aromatic carbocycles. The maximum Gasteiger partial charge on any atom is 0.181 e. The van der Waals surface area contributed by atoms with Gasteiger partial charge in [0.05, 0.1) is 10.9 Å². The Kier molecular flexibility index (Phi) is 4.76. The van der Waals surface area contributed by atoms with Crippen LogP contribution in [0.25, 0.3) is 49.7 Å². The lowest BCUT2D eigenvalue weighted by Gasteiger charge is -2.01.